The van der Waals surface area contributed by atoms with Crippen LogP contribution in [0.15, 0.2) is 36.5 Å². The highest BCUT2D eigenvalue weighted by atomic mass is 19.4. The number of ether oxygens (including phenoxy) is 1. The lowest BCUT2D eigenvalue weighted by Crippen LogP contribution is -2.42. The fourth-order valence-corrected chi connectivity index (χ4v) is 2.97. The molecule has 2 aromatic rings. The number of carbonyl (C=O) groups excluding carboxylic acids is 1. The predicted molar refractivity (Wildman–Crippen MR) is 97.5 cm³/mol. The van der Waals surface area contributed by atoms with Gasteiger partial charge >= 0.3 is 6.18 Å². The van der Waals surface area contributed by atoms with Crippen molar-refractivity contribution in [3.05, 3.63) is 57.9 Å². The highest BCUT2D eigenvalue weighted by Gasteiger charge is 2.52. The number of carbonyl (C=O) groups is 1. The Balaban J connectivity index is 1.82. The molecule has 2 atom stereocenters. The summed E-state index contributed by atoms with van der Waals surface area (Å²) in [5.74, 6) is -0.822. The Labute approximate surface area is 167 Å². The third kappa shape index (κ3) is 4.31. The van der Waals surface area contributed by atoms with Gasteiger partial charge in [0.25, 0.3) is 11.6 Å². The molecule has 156 valence electrons. The third-order valence-corrected chi connectivity index (χ3v) is 4.37. The SMILES string of the molecule is Cc1cc(N2CC(C(=O)Nc3ccc(C#N)nc3)OC2C(F)(F)F)ccc1[N+](=O)[O-]. The second kappa shape index (κ2) is 7.96. The quantitative estimate of drug-likeness (QED) is 0.595. The summed E-state index contributed by atoms with van der Waals surface area (Å²) < 4.78 is 45.5. The summed E-state index contributed by atoms with van der Waals surface area (Å²) >= 11 is 0. The van der Waals surface area contributed by atoms with E-state index in [-0.39, 0.29) is 28.3 Å². The van der Waals surface area contributed by atoms with Crippen LogP contribution >= 0.6 is 0 Å². The Hall–Kier alpha value is -3.72. The predicted octanol–water partition coefficient (Wildman–Crippen LogP) is 2.90. The maximum atomic E-state index is 13.5. The van der Waals surface area contributed by atoms with Crippen molar-refractivity contribution in [1.82, 2.24) is 4.98 Å². The summed E-state index contributed by atoms with van der Waals surface area (Å²) in [5.41, 5.74) is 0.286. The Bertz CT molecular complexity index is 1020. The van der Waals surface area contributed by atoms with E-state index < -0.39 is 35.9 Å². The van der Waals surface area contributed by atoms with Gasteiger partial charge in [0.2, 0.25) is 6.23 Å². The smallest absolute Gasteiger partial charge is 0.335 e. The summed E-state index contributed by atoms with van der Waals surface area (Å²) in [7, 11) is 0. The summed E-state index contributed by atoms with van der Waals surface area (Å²) in [6, 6.07) is 8.06. The zero-order chi connectivity index (χ0) is 22.1. The Morgan fingerprint density at radius 3 is 2.67 bits per heavy atom. The van der Waals surface area contributed by atoms with Crippen LogP contribution in [0.4, 0.5) is 30.2 Å². The fourth-order valence-electron chi connectivity index (χ4n) is 2.97. The average Bonchev–Trinajstić information content (AvgIpc) is 3.14. The molecule has 0 saturated carbocycles. The number of anilines is 2. The van der Waals surface area contributed by atoms with Crippen LogP contribution in [0.2, 0.25) is 0 Å². The number of halogens is 3. The molecular formula is C18H14F3N5O4. The van der Waals surface area contributed by atoms with Gasteiger partial charge in [-0.3, -0.25) is 14.9 Å². The lowest BCUT2D eigenvalue weighted by atomic mass is 10.1. The molecule has 2 heterocycles. The molecule has 12 heteroatoms. The number of nitro groups is 1. The van der Waals surface area contributed by atoms with Crippen LogP contribution in [-0.4, -0.2) is 40.9 Å². The first-order valence-corrected chi connectivity index (χ1v) is 8.51. The molecule has 30 heavy (non-hydrogen) atoms. The van der Waals surface area contributed by atoms with Crippen LogP contribution in [-0.2, 0) is 9.53 Å². The number of pyridine rings is 1. The zero-order valence-corrected chi connectivity index (χ0v) is 15.4. The molecule has 2 unspecified atom stereocenters. The summed E-state index contributed by atoms with van der Waals surface area (Å²) in [4.78, 5) is 27.3. The van der Waals surface area contributed by atoms with Gasteiger partial charge in [0, 0.05) is 17.3 Å². The van der Waals surface area contributed by atoms with Gasteiger partial charge in [-0.15, -0.1) is 0 Å². The minimum Gasteiger partial charge on any atom is -0.335 e. The molecule has 3 rings (SSSR count). The Morgan fingerprint density at radius 2 is 2.13 bits per heavy atom. The van der Waals surface area contributed by atoms with E-state index in [1.54, 1.807) is 6.07 Å². The fraction of sp³-hybridized carbons (Fsp3) is 0.278. The molecule has 1 fully saturated rings. The van der Waals surface area contributed by atoms with Gasteiger partial charge in [-0.2, -0.15) is 18.4 Å². The second-order valence-corrected chi connectivity index (χ2v) is 6.43. The summed E-state index contributed by atoms with van der Waals surface area (Å²) in [6.45, 7) is 0.986. The third-order valence-electron chi connectivity index (χ3n) is 4.37. The minimum atomic E-state index is -4.80. The van der Waals surface area contributed by atoms with Gasteiger partial charge in [0.05, 0.1) is 23.4 Å². The average molecular weight is 421 g/mol. The van der Waals surface area contributed by atoms with Crippen molar-refractivity contribution in [2.45, 2.75) is 25.4 Å². The largest absolute Gasteiger partial charge is 0.433 e. The first kappa shape index (κ1) is 21.0. The molecule has 1 amide bonds. The Morgan fingerprint density at radius 1 is 1.40 bits per heavy atom. The van der Waals surface area contributed by atoms with E-state index in [0.29, 0.717) is 0 Å². The first-order chi connectivity index (χ1) is 14.1. The highest BCUT2D eigenvalue weighted by Crippen LogP contribution is 2.36. The van der Waals surface area contributed by atoms with E-state index in [0.717, 1.165) is 11.0 Å². The molecule has 0 aliphatic carbocycles. The van der Waals surface area contributed by atoms with Crippen molar-refractivity contribution in [1.29, 1.82) is 5.26 Å². The van der Waals surface area contributed by atoms with E-state index in [1.807, 2.05) is 0 Å². The number of hydrogen-bond donors (Lipinski definition) is 1. The number of rotatable bonds is 4. The zero-order valence-electron chi connectivity index (χ0n) is 15.4. The molecule has 0 spiro atoms. The summed E-state index contributed by atoms with van der Waals surface area (Å²) in [5, 5.41) is 22.1. The van der Waals surface area contributed by atoms with E-state index >= 15 is 0 Å². The number of aryl methyl sites for hydroxylation is 1. The number of nitrogens with one attached hydrogen (secondary N) is 1. The van der Waals surface area contributed by atoms with Gasteiger partial charge in [-0.05, 0) is 31.2 Å². The van der Waals surface area contributed by atoms with E-state index in [2.05, 4.69) is 10.3 Å². The van der Waals surface area contributed by atoms with E-state index in [4.69, 9.17) is 10.00 Å². The lowest BCUT2D eigenvalue weighted by Gasteiger charge is -2.26. The van der Waals surface area contributed by atoms with Gasteiger partial charge in [-0.1, -0.05) is 0 Å². The Kier molecular flexibility index (Phi) is 5.57. The number of nitro benzene ring substituents is 1. The lowest BCUT2D eigenvalue weighted by molar-refractivity contribution is -0.385. The monoisotopic (exact) mass is 421 g/mol. The van der Waals surface area contributed by atoms with Crippen LogP contribution < -0.4 is 10.2 Å². The van der Waals surface area contributed by atoms with Crippen LogP contribution in [0.5, 0.6) is 0 Å². The molecule has 9 nitrogen and oxygen atoms in total. The van der Waals surface area contributed by atoms with Crippen molar-refractivity contribution in [3.8, 4) is 6.07 Å². The van der Waals surface area contributed by atoms with Gasteiger partial charge < -0.3 is 15.0 Å². The number of hydrogen-bond acceptors (Lipinski definition) is 7. The standard InChI is InChI=1S/C18H14F3N5O4/c1-10-6-13(4-5-14(10)26(28)29)25-9-15(30-17(25)18(19,20)21)16(27)24-12-3-2-11(7-22)23-8-12/h2-6,8,15,17H,9H2,1H3,(H,24,27). The van der Waals surface area contributed by atoms with Crippen LogP contribution in [0.1, 0.15) is 11.3 Å². The van der Waals surface area contributed by atoms with Crippen LogP contribution in [0.3, 0.4) is 0 Å². The van der Waals surface area contributed by atoms with Crippen molar-refractivity contribution >= 4 is 23.0 Å². The van der Waals surface area contributed by atoms with Crippen LogP contribution in [0.25, 0.3) is 0 Å². The van der Waals surface area contributed by atoms with Crippen molar-refractivity contribution in [2.24, 2.45) is 0 Å². The molecular weight excluding hydrogens is 407 g/mol. The molecule has 1 aliphatic heterocycles. The number of amides is 1. The first-order valence-electron chi connectivity index (χ1n) is 8.51. The minimum absolute atomic E-state index is 0.0377. The maximum Gasteiger partial charge on any atom is 0.433 e. The van der Waals surface area contributed by atoms with E-state index in [9.17, 15) is 28.1 Å². The van der Waals surface area contributed by atoms with Gasteiger partial charge in [-0.25, -0.2) is 4.98 Å². The topological polar surface area (TPSA) is 121 Å². The number of nitrogens with zero attached hydrogens (tertiary/aromatic N) is 4. The molecule has 0 bridgehead atoms. The molecule has 1 aromatic heterocycles. The molecule has 1 N–H and O–H groups in total. The normalized spacial score (nSPS) is 18.7. The van der Waals surface area contributed by atoms with Crippen molar-refractivity contribution < 1.29 is 27.6 Å². The molecule has 1 saturated heterocycles. The van der Waals surface area contributed by atoms with Gasteiger partial charge in [0.15, 0.2) is 6.10 Å². The van der Waals surface area contributed by atoms with Crippen molar-refractivity contribution in [3.63, 3.8) is 0 Å². The molecule has 1 aliphatic rings. The van der Waals surface area contributed by atoms with Crippen molar-refractivity contribution in [2.75, 3.05) is 16.8 Å². The summed E-state index contributed by atoms with van der Waals surface area (Å²) in [6.07, 6.45) is -7.46. The maximum absolute atomic E-state index is 13.5. The number of benzene rings is 1. The second-order valence-electron chi connectivity index (χ2n) is 6.43. The molecule has 0 radical (unpaired) electrons. The number of nitriles is 1. The number of alkyl halides is 3. The van der Waals surface area contributed by atoms with E-state index in [1.165, 1.54) is 37.4 Å². The number of aromatic nitrogens is 1. The van der Waals surface area contributed by atoms with Crippen LogP contribution in [0, 0.1) is 28.4 Å². The van der Waals surface area contributed by atoms with Gasteiger partial charge in [0.1, 0.15) is 11.8 Å². The highest BCUT2D eigenvalue weighted by molar-refractivity contribution is 5.94. The molecule has 1 aromatic carbocycles.